The first-order valence-electron chi connectivity index (χ1n) is 8.93. The lowest BCUT2D eigenvalue weighted by atomic mass is 10.0. The van der Waals surface area contributed by atoms with Gasteiger partial charge in [-0.25, -0.2) is 4.68 Å². The standard InChI is InChI=1S/C20H20N4O3/c25-19(15-2-4-18(5-3-15)24-10-1-9-21-24)22-17-6-11-23(12-7-17)20(26)16-8-13-27-14-16/h1-5,8-10,13-14,17H,6-7,11-12H2,(H,22,25). The number of likely N-dealkylation sites (tertiary alicyclic amines) is 1. The molecule has 1 aliphatic heterocycles. The van der Waals surface area contributed by atoms with Gasteiger partial charge in [-0.1, -0.05) is 0 Å². The Labute approximate surface area is 156 Å². The molecule has 1 fully saturated rings. The van der Waals surface area contributed by atoms with Crippen molar-refractivity contribution < 1.29 is 14.0 Å². The maximum absolute atomic E-state index is 12.5. The summed E-state index contributed by atoms with van der Waals surface area (Å²) in [4.78, 5) is 26.6. The van der Waals surface area contributed by atoms with Crippen molar-refractivity contribution in [3.63, 3.8) is 0 Å². The molecule has 7 nitrogen and oxygen atoms in total. The van der Waals surface area contributed by atoms with Crippen LogP contribution < -0.4 is 5.32 Å². The summed E-state index contributed by atoms with van der Waals surface area (Å²) >= 11 is 0. The average Bonchev–Trinajstić information content (AvgIpc) is 3.42. The van der Waals surface area contributed by atoms with Crippen molar-refractivity contribution in [1.82, 2.24) is 20.0 Å². The zero-order valence-corrected chi connectivity index (χ0v) is 14.7. The second-order valence-corrected chi connectivity index (χ2v) is 6.55. The Morgan fingerprint density at radius 1 is 1.07 bits per heavy atom. The van der Waals surface area contributed by atoms with Crippen molar-refractivity contribution in [1.29, 1.82) is 0 Å². The molecule has 0 radical (unpaired) electrons. The van der Waals surface area contributed by atoms with Gasteiger partial charge in [-0.2, -0.15) is 5.10 Å². The molecule has 0 saturated carbocycles. The van der Waals surface area contributed by atoms with Crippen molar-refractivity contribution in [2.45, 2.75) is 18.9 Å². The molecule has 2 aromatic heterocycles. The highest BCUT2D eigenvalue weighted by Gasteiger charge is 2.25. The quantitative estimate of drug-likeness (QED) is 0.771. The van der Waals surface area contributed by atoms with Gasteiger partial charge in [-0.15, -0.1) is 0 Å². The SMILES string of the molecule is O=C(NC1CCN(C(=O)c2ccoc2)CC1)c1ccc(-n2cccn2)cc1. The number of piperidine rings is 1. The largest absolute Gasteiger partial charge is 0.472 e. The van der Waals surface area contributed by atoms with Gasteiger partial charge < -0.3 is 14.6 Å². The third kappa shape index (κ3) is 3.76. The van der Waals surface area contributed by atoms with Crippen LogP contribution in [0.1, 0.15) is 33.6 Å². The number of carbonyl (C=O) groups excluding carboxylic acids is 2. The van der Waals surface area contributed by atoms with Crippen molar-refractivity contribution in [3.05, 3.63) is 72.4 Å². The lowest BCUT2D eigenvalue weighted by molar-refractivity contribution is 0.0697. The minimum absolute atomic E-state index is 0.0252. The Kier molecular flexibility index (Phi) is 4.74. The van der Waals surface area contributed by atoms with E-state index >= 15 is 0 Å². The molecule has 0 unspecified atom stereocenters. The molecular weight excluding hydrogens is 344 g/mol. The molecule has 0 spiro atoms. The number of nitrogens with zero attached hydrogens (tertiary/aromatic N) is 3. The third-order valence-electron chi connectivity index (χ3n) is 4.78. The smallest absolute Gasteiger partial charge is 0.257 e. The van der Waals surface area contributed by atoms with Crippen molar-refractivity contribution in [2.75, 3.05) is 13.1 Å². The minimum atomic E-state index is -0.0957. The van der Waals surface area contributed by atoms with Crippen molar-refractivity contribution in [2.24, 2.45) is 0 Å². The number of amides is 2. The number of hydrogen-bond acceptors (Lipinski definition) is 4. The molecule has 3 aromatic rings. The van der Waals surface area contributed by atoms with Crippen LogP contribution in [0.25, 0.3) is 5.69 Å². The minimum Gasteiger partial charge on any atom is -0.472 e. The van der Waals surface area contributed by atoms with Gasteiger partial charge in [0.1, 0.15) is 6.26 Å². The topological polar surface area (TPSA) is 80.4 Å². The van der Waals surface area contributed by atoms with Crippen molar-refractivity contribution in [3.8, 4) is 5.69 Å². The van der Waals surface area contributed by atoms with E-state index in [0.29, 0.717) is 24.2 Å². The Morgan fingerprint density at radius 3 is 2.48 bits per heavy atom. The Balaban J connectivity index is 1.31. The van der Waals surface area contributed by atoms with Crippen LogP contribution in [0.3, 0.4) is 0 Å². The second-order valence-electron chi connectivity index (χ2n) is 6.55. The second kappa shape index (κ2) is 7.49. The fourth-order valence-corrected chi connectivity index (χ4v) is 3.25. The van der Waals surface area contributed by atoms with E-state index in [1.54, 1.807) is 34.0 Å². The summed E-state index contributed by atoms with van der Waals surface area (Å²) in [5, 5.41) is 7.24. The molecule has 1 N–H and O–H groups in total. The third-order valence-corrected chi connectivity index (χ3v) is 4.78. The van der Waals surface area contributed by atoms with E-state index in [1.807, 2.05) is 24.4 Å². The normalized spacial score (nSPS) is 14.9. The lowest BCUT2D eigenvalue weighted by Gasteiger charge is -2.32. The fraction of sp³-hybridized carbons (Fsp3) is 0.250. The van der Waals surface area contributed by atoms with E-state index in [2.05, 4.69) is 10.4 Å². The van der Waals surface area contributed by atoms with Crippen LogP contribution in [0, 0.1) is 0 Å². The number of benzene rings is 1. The van der Waals surface area contributed by atoms with E-state index < -0.39 is 0 Å². The van der Waals surface area contributed by atoms with Gasteiger partial charge in [0.25, 0.3) is 11.8 Å². The van der Waals surface area contributed by atoms with E-state index in [1.165, 1.54) is 12.5 Å². The van der Waals surface area contributed by atoms with E-state index in [-0.39, 0.29) is 17.9 Å². The molecule has 7 heteroatoms. The van der Waals surface area contributed by atoms with Gasteiger partial charge in [0.2, 0.25) is 0 Å². The number of rotatable bonds is 4. The molecule has 2 amide bonds. The van der Waals surface area contributed by atoms with E-state index in [9.17, 15) is 9.59 Å². The maximum atomic E-state index is 12.5. The first-order chi connectivity index (χ1) is 13.2. The van der Waals surface area contributed by atoms with Crippen molar-refractivity contribution >= 4 is 11.8 Å². The van der Waals surface area contributed by atoms with Crippen LogP contribution in [0.5, 0.6) is 0 Å². The molecule has 0 bridgehead atoms. The number of nitrogens with one attached hydrogen (secondary N) is 1. The Bertz CT molecular complexity index is 893. The first-order valence-corrected chi connectivity index (χ1v) is 8.93. The van der Waals surface area contributed by atoms with E-state index in [0.717, 1.165) is 18.5 Å². The summed E-state index contributed by atoms with van der Waals surface area (Å²) < 4.78 is 6.72. The highest BCUT2D eigenvalue weighted by molar-refractivity contribution is 5.95. The summed E-state index contributed by atoms with van der Waals surface area (Å²) in [5.41, 5.74) is 2.08. The predicted molar refractivity (Wildman–Crippen MR) is 98.7 cm³/mol. The summed E-state index contributed by atoms with van der Waals surface area (Å²) in [7, 11) is 0. The van der Waals surface area contributed by atoms with Gasteiger partial charge in [0.05, 0.1) is 17.5 Å². The molecule has 138 valence electrons. The molecule has 1 aliphatic rings. The zero-order chi connectivity index (χ0) is 18.6. The van der Waals surface area contributed by atoms with Crippen LogP contribution in [-0.2, 0) is 0 Å². The van der Waals surface area contributed by atoms with Gasteiger partial charge in [-0.3, -0.25) is 9.59 Å². The fourth-order valence-electron chi connectivity index (χ4n) is 3.25. The molecule has 3 heterocycles. The summed E-state index contributed by atoms with van der Waals surface area (Å²) in [6.07, 6.45) is 8.00. The monoisotopic (exact) mass is 364 g/mol. The summed E-state index contributed by atoms with van der Waals surface area (Å²) in [5.74, 6) is -0.121. The molecule has 0 aliphatic carbocycles. The summed E-state index contributed by atoms with van der Waals surface area (Å²) in [6.45, 7) is 1.24. The Hall–Kier alpha value is -3.35. The van der Waals surface area contributed by atoms with E-state index in [4.69, 9.17) is 4.42 Å². The predicted octanol–water partition coefficient (Wildman–Crippen LogP) is 2.50. The summed E-state index contributed by atoms with van der Waals surface area (Å²) in [6, 6.07) is 10.9. The van der Waals surface area contributed by atoms with Crippen LogP contribution >= 0.6 is 0 Å². The van der Waals surface area contributed by atoms with Gasteiger partial charge >= 0.3 is 0 Å². The average molecular weight is 364 g/mol. The maximum Gasteiger partial charge on any atom is 0.257 e. The number of aromatic nitrogens is 2. The molecule has 0 atom stereocenters. The van der Waals surface area contributed by atoms with Gasteiger partial charge in [-0.05, 0) is 49.2 Å². The van der Waals surface area contributed by atoms with Crippen LogP contribution in [0.15, 0.2) is 65.7 Å². The number of hydrogen-bond donors (Lipinski definition) is 1. The highest BCUT2D eigenvalue weighted by Crippen LogP contribution is 2.15. The van der Waals surface area contributed by atoms with Gasteiger partial charge in [0, 0.05) is 37.1 Å². The number of furan rings is 1. The van der Waals surface area contributed by atoms with Crippen LogP contribution in [0.4, 0.5) is 0 Å². The molecule has 1 aromatic carbocycles. The lowest BCUT2D eigenvalue weighted by Crippen LogP contribution is -2.46. The molecular formula is C20H20N4O3. The van der Waals surface area contributed by atoms with Crippen LogP contribution in [-0.4, -0.2) is 45.6 Å². The molecule has 4 rings (SSSR count). The Morgan fingerprint density at radius 2 is 1.85 bits per heavy atom. The molecule has 1 saturated heterocycles. The van der Waals surface area contributed by atoms with Gasteiger partial charge in [0.15, 0.2) is 0 Å². The highest BCUT2D eigenvalue weighted by atomic mass is 16.3. The van der Waals surface area contributed by atoms with Crippen LogP contribution in [0.2, 0.25) is 0 Å². The number of carbonyl (C=O) groups is 2. The first kappa shape index (κ1) is 17.1. The molecule has 27 heavy (non-hydrogen) atoms. The zero-order valence-electron chi connectivity index (χ0n) is 14.7.